The van der Waals surface area contributed by atoms with Gasteiger partial charge >= 0.3 is 0 Å². The van der Waals surface area contributed by atoms with E-state index in [0.29, 0.717) is 5.56 Å². The maximum Gasteiger partial charge on any atom is 0.271 e. The van der Waals surface area contributed by atoms with Crippen LogP contribution in [0.4, 0.5) is 0 Å². The van der Waals surface area contributed by atoms with Crippen molar-refractivity contribution in [3.8, 4) is 5.69 Å². The fourth-order valence-electron chi connectivity index (χ4n) is 2.32. The van der Waals surface area contributed by atoms with E-state index in [1.807, 2.05) is 67.2 Å². The molecule has 0 saturated carbocycles. The lowest BCUT2D eigenvalue weighted by Gasteiger charge is -2.05. The highest BCUT2D eigenvalue weighted by molar-refractivity contribution is 5.95. The first kappa shape index (κ1) is 14.8. The van der Waals surface area contributed by atoms with Crippen LogP contribution >= 0.6 is 0 Å². The second-order valence-corrected chi connectivity index (χ2v) is 5.21. The molecule has 5 nitrogen and oxygen atoms in total. The van der Waals surface area contributed by atoms with E-state index in [4.69, 9.17) is 4.42 Å². The second kappa shape index (κ2) is 6.36. The van der Waals surface area contributed by atoms with E-state index in [1.165, 1.54) is 0 Å². The number of rotatable bonds is 4. The summed E-state index contributed by atoms with van der Waals surface area (Å²) in [5, 5.41) is 3.99. The number of aryl methyl sites for hydroxylation is 2. The summed E-state index contributed by atoms with van der Waals surface area (Å²) in [6.07, 6.45) is 5.44. The SMILES string of the molecule is Cc1cc(/C=N/NC(=O)c2cccc(-n3cccc3)c2)c(C)o1. The van der Waals surface area contributed by atoms with Crippen LogP contribution < -0.4 is 5.43 Å². The van der Waals surface area contributed by atoms with Crippen molar-refractivity contribution in [3.05, 3.63) is 77.5 Å². The van der Waals surface area contributed by atoms with E-state index in [1.54, 1.807) is 12.3 Å². The average Bonchev–Trinajstić information content (AvgIpc) is 3.17. The van der Waals surface area contributed by atoms with Gasteiger partial charge in [-0.2, -0.15) is 5.10 Å². The lowest BCUT2D eigenvalue weighted by molar-refractivity contribution is 0.0955. The predicted molar refractivity (Wildman–Crippen MR) is 89.0 cm³/mol. The highest BCUT2D eigenvalue weighted by atomic mass is 16.3. The van der Waals surface area contributed by atoms with Gasteiger partial charge in [0.15, 0.2) is 0 Å². The van der Waals surface area contributed by atoms with Crippen LogP contribution in [-0.2, 0) is 0 Å². The van der Waals surface area contributed by atoms with Crippen molar-refractivity contribution in [3.63, 3.8) is 0 Å². The van der Waals surface area contributed by atoms with Crippen molar-refractivity contribution in [1.29, 1.82) is 0 Å². The van der Waals surface area contributed by atoms with E-state index < -0.39 is 0 Å². The van der Waals surface area contributed by atoms with E-state index in [-0.39, 0.29) is 5.91 Å². The summed E-state index contributed by atoms with van der Waals surface area (Å²) in [7, 11) is 0. The minimum Gasteiger partial charge on any atom is -0.466 e. The van der Waals surface area contributed by atoms with Gasteiger partial charge in [0, 0.05) is 29.2 Å². The fourth-order valence-corrected chi connectivity index (χ4v) is 2.32. The van der Waals surface area contributed by atoms with Gasteiger partial charge in [-0.3, -0.25) is 4.79 Å². The van der Waals surface area contributed by atoms with Crippen LogP contribution in [0.3, 0.4) is 0 Å². The third-order valence-corrected chi connectivity index (χ3v) is 3.46. The number of carbonyl (C=O) groups is 1. The molecule has 0 atom stereocenters. The van der Waals surface area contributed by atoms with Gasteiger partial charge in [0.05, 0.1) is 6.21 Å². The molecule has 1 aromatic carbocycles. The molecule has 2 heterocycles. The third kappa shape index (κ3) is 3.40. The molecule has 0 aliphatic carbocycles. The lowest BCUT2D eigenvalue weighted by atomic mass is 10.2. The highest BCUT2D eigenvalue weighted by Crippen LogP contribution is 2.12. The molecule has 116 valence electrons. The number of hydrazone groups is 1. The van der Waals surface area contributed by atoms with Gasteiger partial charge < -0.3 is 8.98 Å². The van der Waals surface area contributed by atoms with Crippen LogP contribution in [0.25, 0.3) is 5.69 Å². The molecule has 1 amide bonds. The Morgan fingerprint density at radius 3 is 2.65 bits per heavy atom. The molecule has 3 aromatic rings. The van der Waals surface area contributed by atoms with E-state index in [9.17, 15) is 4.79 Å². The zero-order chi connectivity index (χ0) is 16.2. The van der Waals surface area contributed by atoms with Crippen LogP contribution in [0.15, 0.2) is 64.4 Å². The highest BCUT2D eigenvalue weighted by Gasteiger charge is 2.06. The minimum absolute atomic E-state index is 0.256. The molecule has 5 heteroatoms. The Hall–Kier alpha value is -3.08. The molecule has 3 rings (SSSR count). The molecule has 0 radical (unpaired) electrons. The predicted octanol–water partition coefficient (Wildman–Crippen LogP) is 3.45. The Bertz CT molecular complexity index is 845. The molecule has 0 saturated heterocycles. The van der Waals surface area contributed by atoms with Gasteiger partial charge in [-0.1, -0.05) is 6.07 Å². The van der Waals surface area contributed by atoms with Crippen LogP contribution in [0.5, 0.6) is 0 Å². The number of carbonyl (C=O) groups excluding carboxylic acids is 1. The van der Waals surface area contributed by atoms with Gasteiger partial charge in [0.25, 0.3) is 5.91 Å². The summed E-state index contributed by atoms with van der Waals surface area (Å²) < 4.78 is 7.35. The lowest BCUT2D eigenvalue weighted by Crippen LogP contribution is -2.17. The van der Waals surface area contributed by atoms with Crippen molar-refractivity contribution in [2.45, 2.75) is 13.8 Å². The molecule has 1 N–H and O–H groups in total. The van der Waals surface area contributed by atoms with Gasteiger partial charge in [-0.25, -0.2) is 5.43 Å². The smallest absolute Gasteiger partial charge is 0.271 e. The summed E-state index contributed by atoms with van der Waals surface area (Å²) in [6.45, 7) is 3.73. The number of aromatic nitrogens is 1. The third-order valence-electron chi connectivity index (χ3n) is 3.46. The average molecular weight is 307 g/mol. The van der Waals surface area contributed by atoms with Crippen LogP contribution in [0, 0.1) is 13.8 Å². The van der Waals surface area contributed by atoms with Crippen molar-refractivity contribution < 1.29 is 9.21 Å². The van der Waals surface area contributed by atoms with Crippen molar-refractivity contribution in [2.24, 2.45) is 5.10 Å². The molecule has 0 unspecified atom stereocenters. The Morgan fingerprint density at radius 1 is 1.17 bits per heavy atom. The maximum absolute atomic E-state index is 12.2. The van der Waals surface area contributed by atoms with Crippen molar-refractivity contribution >= 4 is 12.1 Å². The summed E-state index contributed by atoms with van der Waals surface area (Å²) >= 11 is 0. The topological polar surface area (TPSA) is 59.5 Å². The fraction of sp³-hybridized carbons (Fsp3) is 0.111. The molecule has 0 aliphatic heterocycles. The first-order valence-electron chi connectivity index (χ1n) is 7.27. The number of benzene rings is 1. The minimum atomic E-state index is -0.256. The number of nitrogens with zero attached hydrogens (tertiary/aromatic N) is 2. The first-order valence-corrected chi connectivity index (χ1v) is 7.27. The van der Waals surface area contributed by atoms with Gasteiger partial charge in [-0.05, 0) is 50.2 Å². The molecule has 0 fully saturated rings. The molecule has 0 aliphatic rings. The second-order valence-electron chi connectivity index (χ2n) is 5.21. The Morgan fingerprint density at radius 2 is 1.96 bits per heavy atom. The summed E-state index contributed by atoms with van der Waals surface area (Å²) in [4.78, 5) is 12.2. The maximum atomic E-state index is 12.2. The summed E-state index contributed by atoms with van der Waals surface area (Å²) in [5.41, 5.74) is 4.86. The number of hydrogen-bond donors (Lipinski definition) is 1. The van der Waals surface area contributed by atoms with Crippen LogP contribution in [-0.4, -0.2) is 16.7 Å². The summed E-state index contributed by atoms with van der Waals surface area (Å²) in [6, 6.07) is 13.1. The largest absolute Gasteiger partial charge is 0.466 e. The number of furan rings is 1. The van der Waals surface area contributed by atoms with E-state index in [0.717, 1.165) is 22.8 Å². The molecule has 2 aromatic heterocycles. The Kier molecular flexibility index (Phi) is 4.10. The molecule has 0 bridgehead atoms. The number of hydrogen-bond acceptors (Lipinski definition) is 3. The van der Waals surface area contributed by atoms with E-state index >= 15 is 0 Å². The molecule has 0 spiro atoms. The molecular weight excluding hydrogens is 290 g/mol. The van der Waals surface area contributed by atoms with Crippen molar-refractivity contribution in [1.82, 2.24) is 9.99 Å². The first-order chi connectivity index (χ1) is 11.1. The molecule has 23 heavy (non-hydrogen) atoms. The van der Waals surface area contributed by atoms with Crippen LogP contribution in [0.2, 0.25) is 0 Å². The monoisotopic (exact) mass is 307 g/mol. The zero-order valence-electron chi connectivity index (χ0n) is 13.0. The zero-order valence-corrected chi connectivity index (χ0v) is 13.0. The Labute approximate surface area is 134 Å². The Balaban J connectivity index is 1.71. The van der Waals surface area contributed by atoms with Crippen molar-refractivity contribution in [2.75, 3.05) is 0 Å². The standard InChI is InChI=1S/C18H17N3O2/c1-13-10-16(14(2)23-13)12-19-20-18(22)15-6-5-7-17(11-15)21-8-3-4-9-21/h3-12H,1-2H3,(H,20,22)/b19-12+. The van der Waals surface area contributed by atoms with Gasteiger partial charge in [0.1, 0.15) is 11.5 Å². The summed E-state index contributed by atoms with van der Waals surface area (Å²) in [5.74, 6) is 1.33. The normalized spacial score (nSPS) is 11.0. The number of amides is 1. The molecular formula is C18H17N3O2. The quantitative estimate of drug-likeness (QED) is 0.593. The van der Waals surface area contributed by atoms with Crippen LogP contribution in [0.1, 0.15) is 27.4 Å². The number of nitrogens with one attached hydrogen (secondary N) is 1. The van der Waals surface area contributed by atoms with E-state index in [2.05, 4.69) is 10.5 Å². The van der Waals surface area contributed by atoms with Gasteiger partial charge in [0.2, 0.25) is 0 Å². The van der Waals surface area contributed by atoms with Gasteiger partial charge in [-0.15, -0.1) is 0 Å².